The Balaban J connectivity index is 2.44. The SMILES string of the molecule is CCC(N)c1cccc(-c2nccnc2OC)c1. The van der Waals surface area contributed by atoms with Crippen molar-refractivity contribution >= 4 is 0 Å². The summed E-state index contributed by atoms with van der Waals surface area (Å²) in [6, 6.07) is 8.08. The maximum absolute atomic E-state index is 6.04. The summed E-state index contributed by atoms with van der Waals surface area (Å²) in [6.45, 7) is 2.07. The molecule has 94 valence electrons. The van der Waals surface area contributed by atoms with Crippen LogP contribution in [0, 0.1) is 0 Å². The van der Waals surface area contributed by atoms with Crippen molar-refractivity contribution in [1.29, 1.82) is 0 Å². The lowest BCUT2D eigenvalue weighted by atomic mass is 10.0. The number of nitrogens with two attached hydrogens (primary N) is 1. The lowest BCUT2D eigenvalue weighted by Crippen LogP contribution is -2.08. The summed E-state index contributed by atoms with van der Waals surface area (Å²) >= 11 is 0. The van der Waals surface area contributed by atoms with Crippen molar-refractivity contribution in [3.63, 3.8) is 0 Å². The van der Waals surface area contributed by atoms with E-state index < -0.39 is 0 Å². The van der Waals surface area contributed by atoms with E-state index in [-0.39, 0.29) is 6.04 Å². The molecule has 0 saturated carbocycles. The van der Waals surface area contributed by atoms with Crippen molar-refractivity contribution in [2.45, 2.75) is 19.4 Å². The van der Waals surface area contributed by atoms with Crippen molar-refractivity contribution in [1.82, 2.24) is 9.97 Å². The number of ether oxygens (including phenoxy) is 1. The van der Waals surface area contributed by atoms with Gasteiger partial charge in [0.1, 0.15) is 5.69 Å². The van der Waals surface area contributed by atoms with Crippen LogP contribution in [0.15, 0.2) is 36.7 Å². The molecule has 0 saturated heterocycles. The summed E-state index contributed by atoms with van der Waals surface area (Å²) in [7, 11) is 1.59. The fourth-order valence-electron chi connectivity index (χ4n) is 1.82. The van der Waals surface area contributed by atoms with Gasteiger partial charge in [-0.1, -0.05) is 25.1 Å². The van der Waals surface area contributed by atoms with E-state index in [1.165, 1.54) is 0 Å². The van der Waals surface area contributed by atoms with Crippen molar-refractivity contribution < 1.29 is 4.74 Å². The zero-order chi connectivity index (χ0) is 13.0. The summed E-state index contributed by atoms with van der Waals surface area (Å²) < 4.78 is 5.22. The predicted octanol–water partition coefficient (Wildman–Crippen LogP) is 2.56. The Bertz CT molecular complexity index is 528. The highest BCUT2D eigenvalue weighted by molar-refractivity contribution is 5.64. The molecule has 4 nitrogen and oxygen atoms in total. The van der Waals surface area contributed by atoms with Gasteiger partial charge in [0.25, 0.3) is 0 Å². The van der Waals surface area contributed by atoms with Crippen molar-refractivity contribution in [3.05, 3.63) is 42.2 Å². The third-order valence-corrected chi connectivity index (χ3v) is 2.89. The van der Waals surface area contributed by atoms with E-state index in [0.29, 0.717) is 5.88 Å². The molecular formula is C14H17N3O. The van der Waals surface area contributed by atoms with Gasteiger partial charge in [-0.15, -0.1) is 0 Å². The molecule has 4 heteroatoms. The number of hydrogen-bond donors (Lipinski definition) is 1. The second-order valence-electron chi connectivity index (χ2n) is 4.05. The maximum atomic E-state index is 6.04. The Morgan fingerprint density at radius 3 is 2.78 bits per heavy atom. The van der Waals surface area contributed by atoms with E-state index in [1.807, 2.05) is 24.3 Å². The van der Waals surface area contributed by atoms with Crippen LogP contribution in [-0.4, -0.2) is 17.1 Å². The summed E-state index contributed by atoms with van der Waals surface area (Å²) in [5.74, 6) is 0.528. The summed E-state index contributed by atoms with van der Waals surface area (Å²) in [5, 5.41) is 0. The standard InChI is InChI=1S/C14H17N3O/c1-3-12(15)10-5-4-6-11(9-10)13-14(18-2)17-8-7-16-13/h4-9,12H,3,15H2,1-2H3. The second kappa shape index (κ2) is 5.60. The molecule has 0 spiro atoms. The van der Waals surface area contributed by atoms with Gasteiger partial charge in [0, 0.05) is 24.0 Å². The van der Waals surface area contributed by atoms with E-state index in [2.05, 4.69) is 16.9 Å². The van der Waals surface area contributed by atoms with Crippen LogP contribution in [-0.2, 0) is 0 Å². The zero-order valence-electron chi connectivity index (χ0n) is 10.6. The Morgan fingerprint density at radius 1 is 1.28 bits per heavy atom. The number of aromatic nitrogens is 2. The van der Waals surface area contributed by atoms with E-state index >= 15 is 0 Å². The predicted molar refractivity (Wildman–Crippen MR) is 71.2 cm³/mol. The van der Waals surface area contributed by atoms with Crippen LogP contribution in [0.25, 0.3) is 11.3 Å². The largest absolute Gasteiger partial charge is 0.479 e. The molecular weight excluding hydrogens is 226 g/mol. The highest BCUT2D eigenvalue weighted by Crippen LogP contribution is 2.27. The number of nitrogens with zero attached hydrogens (tertiary/aromatic N) is 2. The summed E-state index contributed by atoms with van der Waals surface area (Å²) in [5.41, 5.74) is 8.86. The van der Waals surface area contributed by atoms with Gasteiger partial charge in [-0.3, -0.25) is 0 Å². The molecule has 1 aromatic heterocycles. The first kappa shape index (κ1) is 12.5. The smallest absolute Gasteiger partial charge is 0.240 e. The third-order valence-electron chi connectivity index (χ3n) is 2.89. The zero-order valence-corrected chi connectivity index (χ0v) is 10.6. The van der Waals surface area contributed by atoms with Gasteiger partial charge in [-0.05, 0) is 18.1 Å². The van der Waals surface area contributed by atoms with Gasteiger partial charge in [-0.2, -0.15) is 0 Å². The maximum Gasteiger partial charge on any atom is 0.240 e. The molecule has 0 radical (unpaired) electrons. The highest BCUT2D eigenvalue weighted by atomic mass is 16.5. The lowest BCUT2D eigenvalue weighted by Gasteiger charge is -2.11. The molecule has 0 aliphatic heterocycles. The van der Waals surface area contributed by atoms with Gasteiger partial charge in [0.05, 0.1) is 7.11 Å². The molecule has 1 atom stereocenters. The number of rotatable bonds is 4. The van der Waals surface area contributed by atoms with Crippen molar-refractivity contribution in [2.75, 3.05) is 7.11 Å². The molecule has 0 bridgehead atoms. The molecule has 18 heavy (non-hydrogen) atoms. The van der Waals surface area contributed by atoms with Crippen LogP contribution in [0.4, 0.5) is 0 Å². The Kier molecular flexibility index (Phi) is 3.89. The third kappa shape index (κ3) is 2.49. The average molecular weight is 243 g/mol. The minimum Gasteiger partial charge on any atom is -0.479 e. The van der Waals surface area contributed by atoms with Gasteiger partial charge in [0.15, 0.2) is 0 Å². The topological polar surface area (TPSA) is 61.0 Å². The molecule has 0 amide bonds. The fraction of sp³-hybridized carbons (Fsp3) is 0.286. The minimum absolute atomic E-state index is 0.0487. The molecule has 1 aromatic carbocycles. The molecule has 2 N–H and O–H groups in total. The second-order valence-corrected chi connectivity index (χ2v) is 4.05. The number of benzene rings is 1. The van der Waals surface area contributed by atoms with Gasteiger partial charge in [-0.25, -0.2) is 9.97 Å². The average Bonchev–Trinajstić information content (AvgIpc) is 2.46. The molecule has 1 heterocycles. The van der Waals surface area contributed by atoms with E-state index in [9.17, 15) is 0 Å². The van der Waals surface area contributed by atoms with Crippen molar-refractivity contribution in [3.8, 4) is 17.1 Å². The summed E-state index contributed by atoms with van der Waals surface area (Å²) in [6.07, 6.45) is 4.18. The number of hydrogen-bond acceptors (Lipinski definition) is 4. The fourth-order valence-corrected chi connectivity index (χ4v) is 1.82. The van der Waals surface area contributed by atoms with Crippen LogP contribution >= 0.6 is 0 Å². The molecule has 0 aliphatic rings. The molecule has 2 rings (SSSR count). The van der Waals surface area contributed by atoms with Crippen molar-refractivity contribution in [2.24, 2.45) is 5.73 Å². The van der Waals surface area contributed by atoms with E-state index in [4.69, 9.17) is 10.5 Å². The first-order chi connectivity index (χ1) is 8.76. The van der Waals surface area contributed by atoms with Gasteiger partial charge < -0.3 is 10.5 Å². The quantitative estimate of drug-likeness (QED) is 0.896. The van der Waals surface area contributed by atoms with Crippen LogP contribution in [0.2, 0.25) is 0 Å². The molecule has 0 fully saturated rings. The molecule has 1 unspecified atom stereocenters. The summed E-state index contributed by atoms with van der Waals surface area (Å²) in [4.78, 5) is 8.47. The first-order valence-electron chi connectivity index (χ1n) is 5.97. The van der Waals surface area contributed by atoms with Crippen LogP contribution < -0.4 is 10.5 Å². The van der Waals surface area contributed by atoms with Crippen LogP contribution in [0.1, 0.15) is 24.9 Å². The van der Waals surface area contributed by atoms with E-state index in [1.54, 1.807) is 19.5 Å². The Labute approximate surface area is 107 Å². The highest BCUT2D eigenvalue weighted by Gasteiger charge is 2.10. The van der Waals surface area contributed by atoms with Crippen LogP contribution in [0.3, 0.4) is 0 Å². The monoisotopic (exact) mass is 243 g/mol. The van der Waals surface area contributed by atoms with E-state index in [0.717, 1.165) is 23.2 Å². The Hall–Kier alpha value is -1.94. The molecule has 2 aromatic rings. The Morgan fingerprint density at radius 2 is 2.06 bits per heavy atom. The lowest BCUT2D eigenvalue weighted by molar-refractivity contribution is 0.398. The minimum atomic E-state index is 0.0487. The molecule has 0 aliphatic carbocycles. The van der Waals surface area contributed by atoms with Crippen LogP contribution in [0.5, 0.6) is 5.88 Å². The van der Waals surface area contributed by atoms with Gasteiger partial charge >= 0.3 is 0 Å². The normalized spacial score (nSPS) is 12.2. The first-order valence-corrected chi connectivity index (χ1v) is 5.97. The van der Waals surface area contributed by atoms with Gasteiger partial charge in [0.2, 0.25) is 5.88 Å². The number of methoxy groups -OCH3 is 1.